The van der Waals surface area contributed by atoms with Crippen LogP contribution in [-0.2, 0) is 4.79 Å². The minimum Gasteiger partial charge on any atom is -0.394 e. The van der Waals surface area contributed by atoms with Gasteiger partial charge in [0.1, 0.15) is 0 Å². The highest BCUT2D eigenvalue weighted by Gasteiger charge is 2.17. The molecule has 4 nitrogen and oxygen atoms in total. The summed E-state index contributed by atoms with van der Waals surface area (Å²) in [6, 6.07) is -0.632. The summed E-state index contributed by atoms with van der Waals surface area (Å²) in [5.41, 5.74) is 0. The normalized spacial score (nSPS) is 13.7. The van der Waals surface area contributed by atoms with Crippen molar-refractivity contribution in [3.63, 3.8) is 0 Å². The van der Waals surface area contributed by atoms with E-state index in [4.69, 9.17) is 0 Å². The number of amides is 1. The molecule has 4 heteroatoms. The standard InChI is InChI=1S/C48H85NO3/c1-3-5-7-9-11-13-15-17-19-21-22-23-24-25-26-28-30-32-34-36-38-40-42-44-48(52)49-46(45-50)47(51)43-41-39-37-35-33-31-29-27-20-18-16-14-12-10-8-6-4-2/h5,7,11,13,17,19,22-23,25-26,41,43,46-47,50-51H,3-4,6,8-10,12,14-16,18,20-21,24,27-40,42,44-45H2,1-2H3,(H,49,52)/b7-5-,13-11-,19-17-,23-22-,26-25-,43-41+. The molecular weight excluding hydrogens is 639 g/mol. The van der Waals surface area contributed by atoms with Crippen LogP contribution >= 0.6 is 0 Å². The van der Waals surface area contributed by atoms with Crippen molar-refractivity contribution < 1.29 is 15.0 Å². The third-order valence-corrected chi connectivity index (χ3v) is 9.70. The fourth-order valence-corrected chi connectivity index (χ4v) is 6.32. The van der Waals surface area contributed by atoms with Crippen molar-refractivity contribution in [1.29, 1.82) is 0 Å². The lowest BCUT2D eigenvalue weighted by atomic mass is 10.0. The minimum absolute atomic E-state index is 0.0778. The monoisotopic (exact) mass is 724 g/mol. The predicted molar refractivity (Wildman–Crippen MR) is 230 cm³/mol. The molecule has 0 bridgehead atoms. The Morgan fingerprint density at radius 2 is 0.846 bits per heavy atom. The molecule has 2 unspecified atom stereocenters. The molecule has 3 N–H and O–H groups in total. The summed E-state index contributed by atoms with van der Waals surface area (Å²) >= 11 is 0. The third-order valence-electron chi connectivity index (χ3n) is 9.70. The molecule has 0 aromatic heterocycles. The van der Waals surface area contributed by atoms with Crippen LogP contribution in [0.15, 0.2) is 72.9 Å². The number of unbranched alkanes of at least 4 members (excludes halogenated alkanes) is 22. The lowest BCUT2D eigenvalue weighted by Crippen LogP contribution is -2.45. The maximum Gasteiger partial charge on any atom is 0.220 e. The van der Waals surface area contributed by atoms with E-state index in [9.17, 15) is 15.0 Å². The van der Waals surface area contributed by atoms with Crippen LogP contribution in [0.5, 0.6) is 0 Å². The second kappa shape index (κ2) is 43.2. The van der Waals surface area contributed by atoms with E-state index >= 15 is 0 Å². The molecule has 0 heterocycles. The second-order valence-electron chi connectivity index (χ2n) is 14.7. The number of rotatable bonds is 39. The number of nitrogens with one attached hydrogen (secondary N) is 1. The van der Waals surface area contributed by atoms with E-state index in [0.29, 0.717) is 6.42 Å². The summed E-state index contributed by atoms with van der Waals surface area (Å²) in [6.07, 6.45) is 61.4. The van der Waals surface area contributed by atoms with E-state index in [1.54, 1.807) is 6.08 Å². The van der Waals surface area contributed by atoms with Crippen molar-refractivity contribution in [2.75, 3.05) is 6.61 Å². The summed E-state index contributed by atoms with van der Waals surface area (Å²) in [5.74, 6) is -0.0778. The molecule has 0 aliphatic rings. The van der Waals surface area contributed by atoms with Gasteiger partial charge in [0.25, 0.3) is 0 Å². The zero-order chi connectivity index (χ0) is 37.8. The fourth-order valence-electron chi connectivity index (χ4n) is 6.32. The van der Waals surface area contributed by atoms with Crippen LogP contribution in [0, 0.1) is 0 Å². The van der Waals surface area contributed by atoms with Crippen LogP contribution in [0.3, 0.4) is 0 Å². The second-order valence-corrected chi connectivity index (χ2v) is 14.7. The van der Waals surface area contributed by atoms with Crippen molar-refractivity contribution in [1.82, 2.24) is 5.32 Å². The Morgan fingerprint density at radius 3 is 1.27 bits per heavy atom. The number of hydrogen-bond acceptors (Lipinski definition) is 3. The number of hydrogen-bond donors (Lipinski definition) is 3. The highest BCUT2D eigenvalue weighted by molar-refractivity contribution is 5.76. The molecular formula is C48H85NO3. The van der Waals surface area contributed by atoms with Crippen LogP contribution < -0.4 is 5.32 Å². The Kier molecular flexibility index (Phi) is 41.4. The van der Waals surface area contributed by atoms with Gasteiger partial charge in [0.05, 0.1) is 18.8 Å². The van der Waals surface area contributed by atoms with Gasteiger partial charge in [0.2, 0.25) is 5.91 Å². The quantitative estimate of drug-likeness (QED) is 0.0437. The lowest BCUT2D eigenvalue weighted by molar-refractivity contribution is -0.123. The molecule has 0 saturated heterocycles. The number of aliphatic hydroxyl groups excluding tert-OH is 2. The smallest absolute Gasteiger partial charge is 0.220 e. The molecule has 0 saturated carbocycles. The maximum absolute atomic E-state index is 12.4. The SMILES string of the molecule is CC/C=C\C/C=C\C/C=C\C/C=C\C/C=C\CCCCCCCCCC(=O)NC(CO)C(O)/C=C/CCCCCCCCCCCCCCCCC. The maximum atomic E-state index is 12.4. The molecule has 1 amide bonds. The Balaban J connectivity index is 3.63. The molecule has 0 aromatic carbocycles. The van der Waals surface area contributed by atoms with Crippen molar-refractivity contribution in [3.8, 4) is 0 Å². The number of carbonyl (C=O) groups excluding carboxylic acids is 1. The van der Waals surface area contributed by atoms with Crippen LogP contribution in [0.1, 0.15) is 206 Å². The predicted octanol–water partition coefficient (Wildman–Crippen LogP) is 13.9. The van der Waals surface area contributed by atoms with Gasteiger partial charge in [-0.25, -0.2) is 0 Å². The first-order chi connectivity index (χ1) is 25.7. The number of aliphatic hydroxyl groups is 2. The Labute approximate surface area is 323 Å². The Bertz CT molecular complexity index is 915. The largest absolute Gasteiger partial charge is 0.394 e. The van der Waals surface area contributed by atoms with Gasteiger partial charge in [0.15, 0.2) is 0 Å². The fraction of sp³-hybridized carbons (Fsp3) is 0.729. The molecule has 0 spiro atoms. The molecule has 0 fully saturated rings. The van der Waals surface area contributed by atoms with Gasteiger partial charge in [-0.3, -0.25) is 4.79 Å². The summed E-state index contributed by atoms with van der Waals surface area (Å²) in [4.78, 5) is 12.4. The summed E-state index contributed by atoms with van der Waals surface area (Å²) < 4.78 is 0. The van der Waals surface area contributed by atoms with Gasteiger partial charge < -0.3 is 15.5 Å². The van der Waals surface area contributed by atoms with Crippen LogP contribution in [0.2, 0.25) is 0 Å². The summed E-state index contributed by atoms with van der Waals surface area (Å²) in [5, 5.41) is 23.0. The van der Waals surface area contributed by atoms with E-state index in [1.165, 1.54) is 116 Å². The molecule has 0 aromatic rings. The molecule has 0 rings (SSSR count). The van der Waals surface area contributed by atoms with Crippen molar-refractivity contribution in [3.05, 3.63) is 72.9 Å². The van der Waals surface area contributed by atoms with Crippen molar-refractivity contribution in [2.45, 2.75) is 219 Å². The average molecular weight is 724 g/mol. The topological polar surface area (TPSA) is 69.6 Å². The average Bonchev–Trinajstić information content (AvgIpc) is 3.15. The van der Waals surface area contributed by atoms with E-state index in [1.807, 2.05) is 6.08 Å². The van der Waals surface area contributed by atoms with E-state index < -0.39 is 12.1 Å². The van der Waals surface area contributed by atoms with Gasteiger partial charge in [0, 0.05) is 6.42 Å². The molecule has 0 radical (unpaired) electrons. The minimum atomic E-state index is -0.847. The zero-order valence-electron chi connectivity index (χ0n) is 34.3. The lowest BCUT2D eigenvalue weighted by Gasteiger charge is -2.20. The highest BCUT2D eigenvalue weighted by Crippen LogP contribution is 2.14. The molecule has 0 aliphatic carbocycles. The van der Waals surface area contributed by atoms with Gasteiger partial charge in [-0.15, -0.1) is 0 Å². The first-order valence-electron chi connectivity index (χ1n) is 22.2. The van der Waals surface area contributed by atoms with E-state index in [-0.39, 0.29) is 12.5 Å². The van der Waals surface area contributed by atoms with Crippen molar-refractivity contribution in [2.24, 2.45) is 0 Å². The summed E-state index contributed by atoms with van der Waals surface area (Å²) in [7, 11) is 0. The highest BCUT2D eigenvalue weighted by atomic mass is 16.3. The molecule has 2 atom stereocenters. The van der Waals surface area contributed by atoms with Gasteiger partial charge in [-0.05, 0) is 64.2 Å². The molecule has 52 heavy (non-hydrogen) atoms. The van der Waals surface area contributed by atoms with Gasteiger partial charge in [-0.2, -0.15) is 0 Å². The van der Waals surface area contributed by atoms with Crippen LogP contribution in [-0.4, -0.2) is 34.9 Å². The molecule has 300 valence electrons. The first kappa shape index (κ1) is 49.8. The first-order valence-corrected chi connectivity index (χ1v) is 22.2. The van der Waals surface area contributed by atoms with Crippen LogP contribution in [0.25, 0.3) is 0 Å². The van der Waals surface area contributed by atoms with E-state index in [2.05, 4.69) is 79.9 Å². The number of allylic oxidation sites excluding steroid dienone is 11. The molecule has 0 aliphatic heterocycles. The number of carbonyl (C=O) groups is 1. The van der Waals surface area contributed by atoms with Crippen molar-refractivity contribution >= 4 is 5.91 Å². The van der Waals surface area contributed by atoms with Gasteiger partial charge in [-0.1, -0.05) is 209 Å². The van der Waals surface area contributed by atoms with Gasteiger partial charge >= 0.3 is 0 Å². The third kappa shape index (κ3) is 39.0. The summed E-state index contributed by atoms with van der Waals surface area (Å²) in [6.45, 7) is 4.19. The Morgan fingerprint density at radius 1 is 0.481 bits per heavy atom. The zero-order valence-corrected chi connectivity index (χ0v) is 34.3. The van der Waals surface area contributed by atoms with Crippen LogP contribution in [0.4, 0.5) is 0 Å². The van der Waals surface area contributed by atoms with E-state index in [0.717, 1.165) is 70.6 Å². The Hall–Kier alpha value is -2.17.